The second-order valence-corrected chi connectivity index (χ2v) is 7.43. The minimum absolute atomic E-state index is 0.129. The number of carbonyl (C=O) groups is 1. The van der Waals surface area contributed by atoms with Crippen molar-refractivity contribution in [1.29, 1.82) is 0 Å². The van der Waals surface area contributed by atoms with E-state index < -0.39 is 0 Å². The summed E-state index contributed by atoms with van der Waals surface area (Å²) in [7, 11) is 0. The predicted molar refractivity (Wildman–Crippen MR) is 116 cm³/mol. The van der Waals surface area contributed by atoms with Crippen LogP contribution in [0, 0.1) is 0 Å². The van der Waals surface area contributed by atoms with E-state index in [1.165, 1.54) is 0 Å². The Hall–Kier alpha value is -2.89. The van der Waals surface area contributed by atoms with Crippen molar-refractivity contribution in [2.45, 2.75) is 13.0 Å². The van der Waals surface area contributed by atoms with Gasteiger partial charge >= 0.3 is 0 Å². The summed E-state index contributed by atoms with van der Waals surface area (Å²) in [6.07, 6.45) is 6.22. The summed E-state index contributed by atoms with van der Waals surface area (Å²) in [5.41, 5.74) is 2.81. The van der Waals surface area contributed by atoms with E-state index in [1.54, 1.807) is 30.7 Å². The SMILES string of the molecule is O=C(NCCCn1ccnc1)c1cc(-c2ccc(Cl)c(Cl)c2)nc2ccccc12. The van der Waals surface area contributed by atoms with Gasteiger partial charge in [-0.3, -0.25) is 4.79 Å². The van der Waals surface area contributed by atoms with E-state index in [1.807, 2.05) is 41.1 Å². The molecular weight excluding hydrogens is 407 g/mol. The molecular formula is C22H18Cl2N4O. The molecule has 0 aliphatic carbocycles. The molecule has 4 aromatic rings. The molecule has 7 heteroatoms. The summed E-state index contributed by atoms with van der Waals surface area (Å²) in [6, 6.07) is 14.7. The van der Waals surface area contributed by atoms with Crippen LogP contribution in [0.1, 0.15) is 16.8 Å². The third kappa shape index (κ3) is 4.42. The molecule has 146 valence electrons. The number of benzene rings is 2. The summed E-state index contributed by atoms with van der Waals surface area (Å²) in [6.45, 7) is 1.36. The van der Waals surface area contributed by atoms with E-state index >= 15 is 0 Å². The molecule has 0 fully saturated rings. The number of rotatable bonds is 6. The number of nitrogens with zero attached hydrogens (tertiary/aromatic N) is 3. The van der Waals surface area contributed by atoms with Crippen LogP contribution in [-0.2, 0) is 6.54 Å². The lowest BCUT2D eigenvalue weighted by atomic mass is 10.0. The van der Waals surface area contributed by atoms with Gasteiger partial charge in [0.05, 0.1) is 33.1 Å². The molecule has 2 aromatic heterocycles. The van der Waals surface area contributed by atoms with Crippen molar-refractivity contribution >= 4 is 40.0 Å². The van der Waals surface area contributed by atoms with Gasteiger partial charge in [0.1, 0.15) is 0 Å². The van der Waals surface area contributed by atoms with E-state index in [2.05, 4.69) is 10.3 Å². The van der Waals surface area contributed by atoms with Gasteiger partial charge in [-0.25, -0.2) is 9.97 Å². The highest BCUT2D eigenvalue weighted by Gasteiger charge is 2.14. The minimum Gasteiger partial charge on any atom is -0.352 e. The highest BCUT2D eigenvalue weighted by Crippen LogP contribution is 2.30. The quantitative estimate of drug-likeness (QED) is 0.431. The third-order valence-electron chi connectivity index (χ3n) is 4.61. The van der Waals surface area contributed by atoms with E-state index in [9.17, 15) is 4.79 Å². The number of imidazole rings is 1. The number of nitrogens with one attached hydrogen (secondary N) is 1. The molecule has 4 rings (SSSR count). The van der Waals surface area contributed by atoms with Crippen molar-refractivity contribution in [1.82, 2.24) is 19.9 Å². The van der Waals surface area contributed by atoms with Gasteiger partial charge in [-0.15, -0.1) is 0 Å². The summed E-state index contributed by atoms with van der Waals surface area (Å²) in [4.78, 5) is 21.6. The zero-order chi connectivity index (χ0) is 20.2. The largest absolute Gasteiger partial charge is 0.352 e. The second-order valence-electron chi connectivity index (χ2n) is 6.61. The van der Waals surface area contributed by atoms with Gasteiger partial charge in [0, 0.05) is 36.4 Å². The van der Waals surface area contributed by atoms with Crippen molar-refractivity contribution in [3.05, 3.63) is 82.9 Å². The van der Waals surface area contributed by atoms with Crippen LogP contribution in [0.2, 0.25) is 10.0 Å². The average molecular weight is 425 g/mol. The fourth-order valence-corrected chi connectivity index (χ4v) is 3.44. The lowest BCUT2D eigenvalue weighted by Gasteiger charge is -2.11. The standard InChI is InChI=1S/C22H18Cl2N4O/c23-18-7-6-15(12-19(18)24)21-13-17(16-4-1-2-5-20(16)27-21)22(29)26-8-3-10-28-11-9-25-14-28/h1-2,4-7,9,11-14H,3,8,10H2,(H,26,29). The first-order valence-corrected chi connectivity index (χ1v) is 9.96. The van der Waals surface area contributed by atoms with E-state index in [-0.39, 0.29) is 5.91 Å². The molecule has 5 nitrogen and oxygen atoms in total. The topological polar surface area (TPSA) is 59.8 Å². The Kier molecular flexibility index (Phi) is 5.79. The van der Waals surface area contributed by atoms with Crippen LogP contribution in [0.4, 0.5) is 0 Å². The van der Waals surface area contributed by atoms with Crippen molar-refractivity contribution in [2.24, 2.45) is 0 Å². The van der Waals surface area contributed by atoms with Crippen LogP contribution in [-0.4, -0.2) is 27.0 Å². The van der Waals surface area contributed by atoms with E-state index in [0.717, 1.165) is 29.4 Å². The van der Waals surface area contributed by atoms with Crippen molar-refractivity contribution in [3.63, 3.8) is 0 Å². The number of aromatic nitrogens is 3. The van der Waals surface area contributed by atoms with Crippen LogP contribution in [0.15, 0.2) is 67.3 Å². The fourth-order valence-electron chi connectivity index (χ4n) is 3.14. The van der Waals surface area contributed by atoms with Crippen molar-refractivity contribution in [3.8, 4) is 11.3 Å². The van der Waals surface area contributed by atoms with Gasteiger partial charge < -0.3 is 9.88 Å². The number of amides is 1. The number of carbonyl (C=O) groups excluding carboxylic acids is 1. The Labute approximate surface area is 178 Å². The molecule has 0 radical (unpaired) electrons. The predicted octanol–water partition coefficient (Wildman–Crippen LogP) is 5.23. The Balaban J connectivity index is 1.60. The minimum atomic E-state index is -0.129. The summed E-state index contributed by atoms with van der Waals surface area (Å²) >= 11 is 12.2. The van der Waals surface area contributed by atoms with Gasteiger partial charge in [-0.05, 0) is 30.7 Å². The first kappa shape index (κ1) is 19.4. The number of para-hydroxylation sites is 1. The first-order valence-electron chi connectivity index (χ1n) is 9.21. The molecule has 1 amide bonds. The molecule has 0 saturated carbocycles. The molecule has 0 saturated heterocycles. The van der Waals surface area contributed by atoms with Gasteiger partial charge in [-0.1, -0.05) is 47.5 Å². The lowest BCUT2D eigenvalue weighted by molar-refractivity contribution is 0.0954. The van der Waals surface area contributed by atoms with Gasteiger partial charge in [-0.2, -0.15) is 0 Å². The number of fused-ring (bicyclic) bond motifs is 1. The number of halogens is 2. The van der Waals surface area contributed by atoms with E-state index in [4.69, 9.17) is 28.2 Å². The van der Waals surface area contributed by atoms with Crippen LogP contribution in [0.25, 0.3) is 22.2 Å². The molecule has 1 N–H and O–H groups in total. The molecule has 2 aromatic carbocycles. The smallest absolute Gasteiger partial charge is 0.252 e. The monoisotopic (exact) mass is 424 g/mol. The number of aryl methyl sites for hydroxylation is 1. The highest BCUT2D eigenvalue weighted by atomic mass is 35.5. The number of pyridine rings is 1. The van der Waals surface area contributed by atoms with Gasteiger partial charge in [0.25, 0.3) is 5.91 Å². The lowest BCUT2D eigenvalue weighted by Crippen LogP contribution is -2.25. The Morgan fingerprint density at radius 3 is 2.72 bits per heavy atom. The fraction of sp³-hybridized carbons (Fsp3) is 0.136. The summed E-state index contributed by atoms with van der Waals surface area (Å²) < 4.78 is 1.98. The Morgan fingerprint density at radius 2 is 1.93 bits per heavy atom. The number of hydrogen-bond donors (Lipinski definition) is 1. The summed E-state index contributed by atoms with van der Waals surface area (Å²) in [5.74, 6) is -0.129. The van der Waals surface area contributed by atoms with Crippen LogP contribution in [0.5, 0.6) is 0 Å². The van der Waals surface area contributed by atoms with Gasteiger partial charge in [0.15, 0.2) is 0 Å². The Morgan fingerprint density at radius 1 is 1.07 bits per heavy atom. The van der Waals surface area contributed by atoms with Crippen LogP contribution in [0.3, 0.4) is 0 Å². The highest BCUT2D eigenvalue weighted by molar-refractivity contribution is 6.42. The Bertz CT molecular complexity index is 1160. The zero-order valence-electron chi connectivity index (χ0n) is 15.5. The average Bonchev–Trinajstić information content (AvgIpc) is 3.26. The second kappa shape index (κ2) is 8.64. The maximum atomic E-state index is 12.9. The van der Waals surface area contributed by atoms with Crippen LogP contribution < -0.4 is 5.32 Å². The molecule has 0 aliphatic heterocycles. The van der Waals surface area contributed by atoms with Crippen molar-refractivity contribution in [2.75, 3.05) is 6.54 Å². The third-order valence-corrected chi connectivity index (χ3v) is 5.35. The maximum Gasteiger partial charge on any atom is 0.252 e. The van der Waals surface area contributed by atoms with Crippen molar-refractivity contribution < 1.29 is 4.79 Å². The normalized spacial score (nSPS) is 11.0. The molecule has 0 spiro atoms. The zero-order valence-corrected chi connectivity index (χ0v) is 17.0. The first-order chi connectivity index (χ1) is 14.1. The van der Waals surface area contributed by atoms with E-state index in [0.29, 0.717) is 27.8 Å². The molecule has 0 unspecified atom stereocenters. The molecule has 2 heterocycles. The molecule has 0 aliphatic rings. The maximum absolute atomic E-state index is 12.9. The molecule has 29 heavy (non-hydrogen) atoms. The van der Waals surface area contributed by atoms with Crippen LogP contribution >= 0.6 is 23.2 Å². The molecule has 0 atom stereocenters. The number of hydrogen-bond acceptors (Lipinski definition) is 3. The molecule has 0 bridgehead atoms. The van der Waals surface area contributed by atoms with Gasteiger partial charge in [0.2, 0.25) is 0 Å². The summed E-state index contributed by atoms with van der Waals surface area (Å²) in [5, 5.41) is 4.74.